The third-order valence-corrected chi connectivity index (χ3v) is 3.55. The van der Waals surface area contributed by atoms with E-state index in [1.54, 1.807) is 13.8 Å². The van der Waals surface area contributed by atoms with Gasteiger partial charge in [0.2, 0.25) is 5.91 Å². The predicted octanol–water partition coefficient (Wildman–Crippen LogP) is 2.59. The molecule has 0 bridgehead atoms. The molecular formula is C18H26F3N3O3. The van der Waals surface area contributed by atoms with Crippen molar-refractivity contribution >= 4 is 11.9 Å². The van der Waals surface area contributed by atoms with Crippen LogP contribution in [0.1, 0.15) is 26.3 Å². The van der Waals surface area contributed by atoms with Crippen LogP contribution in [-0.2, 0) is 16.1 Å². The van der Waals surface area contributed by atoms with E-state index in [0.717, 1.165) is 5.56 Å². The first-order valence-electron chi connectivity index (χ1n) is 8.61. The van der Waals surface area contributed by atoms with E-state index < -0.39 is 36.8 Å². The van der Waals surface area contributed by atoms with Crippen molar-refractivity contribution in [3.63, 3.8) is 0 Å². The van der Waals surface area contributed by atoms with Gasteiger partial charge in [-0.1, -0.05) is 44.2 Å². The maximum Gasteiger partial charge on any atom is 0.411 e. The van der Waals surface area contributed by atoms with Crippen LogP contribution in [0.25, 0.3) is 0 Å². The Labute approximate surface area is 156 Å². The maximum absolute atomic E-state index is 12.3. The third-order valence-electron chi connectivity index (χ3n) is 3.55. The lowest BCUT2D eigenvalue weighted by Gasteiger charge is -2.24. The summed E-state index contributed by atoms with van der Waals surface area (Å²) in [6, 6.07) is 7.31. The third kappa shape index (κ3) is 9.83. The molecule has 3 N–H and O–H groups in total. The zero-order chi connectivity index (χ0) is 20.4. The fourth-order valence-electron chi connectivity index (χ4n) is 2.23. The lowest BCUT2D eigenvalue weighted by molar-refractivity contribution is -0.175. The Morgan fingerprint density at radius 1 is 1.07 bits per heavy atom. The van der Waals surface area contributed by atoms with Crippen molar-refractivity contribution in [2.24, 2.45) is 5.92 Å². The molecule has 1 aromatic carbocycles. The molecule has 1 aromatic rings. The minimum atomic E-state index is -4.41. The molecular weight excluding hydrogens is 363 g/mol. The molecule has 0 aliphatic rings. The summed E-state index contributed by atoms with van der Waals surface area (Å²) < 4.78 is 40.8. The molecule has 0 aromatic heterocycles. The summed E-state index contributed by atoms with van der Waals surface area (Å²) in [6.45, 7) is 3.69. The summed E-state index contributed by atoms with van der Waals surface area (Å²) in [5.74, 6) is -0.696. The maximum atomic E-state index is 12.3. The highest BCUT2D eigenvalue weighted by Crippen LogP contribution is 2.14. The second-order valence-electron chi connectivity index (χ2n) is 6.57. The number of rotatable bonds is 9. The lowest BCUT2D eigenvalue weighted by atomic mass is 10.0. The summed E-state index contributed by atoms with van der Waals surface area (Å²) >= 11 is 0. The Balaban J connectivity index is 2.46. The van der Waals surface area contributed by atoms with Crippen LogP contribution in [0.5, 0.6) is 0 Å². The van der Waals surface area contributed by atoms with Crippen molar-refractivity contribution < 1.29 is 27.5 Å². The van der Waals surface area contributed by atoms with Crippen molar-refractivity contribution in [2.45, 2.75) is 45.6 Å². The summed E-state index contributed by atoms with van der Waals surface area (Å²) in [6.07, 6.45) is -4.41. The van der Waals surface area contributed by atoms with Gasteiger partial charge in [0.25, 0.3) is 0 Å². The van der Waals surface area contributed by atoms with E-state index >= 15 is 0 Å². The number of nitrogens with one attached hydrogen (secondary N) is 3. The predicted molar refractivity (Wildman–Crippen MR) is 94.9 cm³/mol. The number of alkyl halides is 3. The van der Waals surface area contributed by atoms with E-state index in [1.807, 2.05) is 30.3 Å². The van der Waals surface area contributed by atoms with Crippen LogP contribution in [-0.4, -0.2) is 43.4 Å². The van der Waals surface area contributed by atoms with Gasteiger partial charge < -0.3 is 20.7 Å². The van der Waals surface area contributed by atoms with Gasteiger partial charge >= 0.3 is 12.2 Å². The van der Waals surface area contributed by atoms with E-state index in [-0.39, 0.29) is 12.5 Å². The number of hydrogen-bond acceptors (Lipinski definition) is 3. The van der Waals surface area contributed by atoms with Crippen LogP contribution < -0.4 is 16.0 Å². The number of amides is 3. The summed E-state index contributed by atoms with van der Waals surface area (Å²) in [5.41, 5.74) is 0.911. The highest BCUT2D eigenvalue weighted by molar-refractivity contribution is 5.87. The summed E-state index contributed by atoms with van der Waals surface area (Å²) in [7, 11) is 0. The molecule has 2 unspecified atom stereocenters. The SMILES string of the molecule is CC(COCC(F)(F)F)NC(=O)C(NC(=O)NCc1ccccc1)C(C)C. The number of benzene rings is 1. The van der Waals surface area contributed by atoms with E-state index in [0.29, 0.717) is 6.54 Å². The van der Waals surface area contributed by atoms with Gasteiger partial charge in [0.15, 0.2) is 0 Å². The van der Waals surface area contributed by atoms with E-state index in [4.69, 9.17) is 0 Å². The second-order valence-corrected chi connectivity index (χ2v) is 6.57. The Hall–Kier alpha value is -2.29. The average Bonchev–Trinajstić information content (AvgIpc) is 2.57. The number of ether oxygens (including phenoxy) is 1. The van der Waals surface area contributed by atoms with Crippen LogP contribution in [0, 0.1) is 5.92 Å². The molecule has 0 aliphatic carbocycles. The minimum absolute atomic E-state index is 0.212. The molecule has 6 nitrogen and oxygen atoms in total. The molecule has 0 fully saturated rings. The van der Waals surface area contributed by atoms with Gasteiger partial charge in [-0.25, -0.2) is 4.79 Å². The van der Waals surface area contributed by atoms with Crippen LogP contribution in [0.3, 0.4) is 0 Å². The summed E-state index contributed by atoms with van der Waals surface area (Å²) in [4.78, 5) is 24.4. The number of carbonyl (C=O) groups excluding carboxylic acids is 2. The molecule has 9 heteroatoms. The first kappa shape index (κ1) is 22.8. The molecule has 0 saturated heterocycles. The van der Waals surface area contributed by atoms with Crippen molar-refractivity contribution in [1.29, 1.82) is 0 Å². The monoisotopic (exact) mass is 389 g/mol. The van der Waals surface area contributed by atoms with Crippen molar-refractivity contribution in [3.05, 3.63) is 35.9 Å². The lowest BCUT2D eigenvalue weighted by Crippen LogP contribution is -2.54. The first-order valence-corrected chi connectivity index (χ1v) is 8.61. The first-order chi connectivity index (χ1) is 12.6. The van der Waals surface area contributed by atoms with Crippen LogP contribution >= 0.6 is 0 Å². The number of urea groups is 1. The zero-order valence-electron chi connectivity index (χ0n) is 15.6. The van der Waals surface area contributed by atoms with Gasteiger partial charge in [-0.2, -0.15) is 13.2 Å². The molecule has 0 aliphatic heterocycles. The zero-order valence-corrected chi connectivity index (χ0v) is 15.6. The average molecular weight is 389 g/mol. The van der Waals surface area contributed by atoms with Crippen molar-refractivity contribution in [1.82, 2.24) is 16.0 Å². The fourth-order valence-corrected chi connectivity index (χ4v) is 2.23. The minimum Gasteiger partial charge on any atom is -0.370 e. The van der Waals surface area contributed by atoms with Gasteiger partial charge in [-0.05, 0) is 18.4 Å². The highest BCUT2D eigenvalue weighted by atomic mass is 19.4. The Kier molecular flexibility index (Phi) is 9.07. The van der Waals surface area contributed by atoms with Crippen LogP contribution in [0.15, 0.2) is 30.3 Å². The topological polar surface area (TPSA) is 79.5 Å². The number of carbonyl (C=O) groups is 2. The molecule has 3 amide bonds. The smallest absolute Gasteiger partial charge is 0.370 e. The van der Waals surface area contributed by atoms with Gasteiger partial charge in [0.05, 0.1) is 6.61 Å². The largest absolute Gasteiger partial charge is 0.411 e. The van der Waals surface area contributed by atoms with E-state index in [2.05, 4.69) is 20.7 Å². The van der Waals surface area contributed by atoms with Gasteiger partial charge in [0.1, 0.15) is 12.6 Å². The molecule has 1 rings (SSSR count). The Morgan fingerprint density at radius 2 is 1.70 bits per heavy atom. The molecule has 27 heavy (non-hydrogen) atoms. The molecule has 0 saturated carbocycles. The van der Waals surface area contributed by atoms with E-state index in [1.165, 1.54) is 6.92 Å². The second kappa shape index (κ2) is 10.8. The standard InChI is InChI=1S/C18H26F3N3O3/c1-12(2)15(16(25)23-13(3)10-27-11-18(19,20)21)24-17(26)22-9-14-7-5-4-6-8-14/h4-8,12-13,15H,9-11H2,1-3H3,(H,23,25)(H2,22,24,26). The molecule has 0 radical (unpaired) electrons. The molecule has 0 spiro atoms. The van der Waals surface area contributed by atoms with Crippen LogP contribution in [0.2, 0.25) is 0 Å². The quantitative estimate of drug-likeness (QED) is 0.607. The fraction of sp³-hybridized carbons (Fsp3) is 0.556. The molecule has 0 heterocycles. The number of hydrogen-bond donors (Lipinski definition) is 3. The van der Waals surface area contributed by atoms with E-state index in [9.17, 15) is 22.8 Å². The molecule has 2 atom stereocenters. The van der Waals surface area contributed by atoms with Crippen LogP contribution in [0.4, 0.5) is 18.0 Å². The van der Waals surface area contributed by atoms with Crippen molar-refractivity contribution in [3.8, 4) is 0 Å². The highest BCUT2D eigenvalue weighted by Gasteiger charge is 2.28. The van der Waals surface area contributed by atoms with Crippen molar-refractivity contribution in [2.75, 3.05) is 13.2 Å². The molecule has 152 valence electrons. The summed E-state index contributed by atoms with van der Waals surface area (Å²) in [5, 5.41) is 7.81. The van der Waals surface area contributed by atoms with Gasteiger partial charge in [0, 0.05) is 12.6 Å². The van der Waals surface area contributed by atoms with Gasteiger partial charge in [-0.3, -0.25) is 4.79 Å². The Bertz CT molecular complexity index is 595. The Morgan fingerprint density at radius 3 is 2.26 bits per heavy atom. The number of halogens is 3. The normalized spacial score (nSPS) is 13.7. The van der Waals surface area contributed by atoms with Gasteiger partial charge in [-0.15, -0.1) is 0 Å².